The van der Waals surface area contributed by atoms with Gasteiger partial charge in [-0.25, -0.2) is 14.4 Å². The predicted molar refractivity (Wildman–Crippen MR) is 157 cm³/mol. The Balaban J connectivity index is 1.21. The Morgan fingerprint density at radius 2 is 1.70 bits per heavy atom. The molecule has 0 aliphatic carbocycles. The first-order chi connectivity index (χ1) is 19.6. The maximum absolute atomic E-state index is 13.5. The summed E-state index contributed by atoms with van der Waals surface area (Å²) >= 11 is 6.52. The van der Waals surface area contributed by atoms with E-state index in [0.29, 0.717) is 16.6 Å². The second kappa shape index (κ2) is 12.0. The second-order valence-corrected chi connectivity index (χ2v) is 10.1. The molecule has 40 heavy (non-hydrogen) atoms. The molecule has 0 saturated carbocycles. The Bertz CT molecular complexity index is 1640. The normalized spacial score (nSPS) is 13.8. The first kappa shape index (κ1) is 26.2. The van der Waals surface area contributed by atoms with E-state index in [9.17, 15) is 4.39 Å². The highest BCUT2D eigenvalue weighted by Gasteiger charge is 2.12. The molecule has 1 aliphatic heterocycles. The van der Waals surface area contributed by atoms with Gasteiger partial charge in [-0.3, -0.25) is 4.90 Å². The van der Waals surface area contributed by atoms with Crippen molar-refractivity contribution in [1.29, 1.82) is 0 Å². The standard InChI is InChI=1S/C32H28ClFN4O2/c33-29-18-27(8-10-31(29)40-20-23-4-2-6-26(34)16-23)37-32-28-17-25(7-9-30(28)35-21-36-32)24-5-1-3-22(15-24)19-38-11-13-39-14-12-38/h1-10,15-18,21H,11-14,19-20H2,(H,35,36,37). The van der Waals surface area contributed by atoms with Gasteiger partial charge in [0.15, 0.2) is 0 Å². The Kier molecular flexibility index (Phi) is 7.86. The minimum Gasteiger partial charge on any atom is -0.487 e. The molecule has 1 aromatic heterocycles. The largest absolute Gasteiger partial charge is 0.487 e. The van der Waals surface area contributed by atoms with Crippen LogP contribution in [0.3, 0.4) is 0 Å². The van der Waals surface area contributed by atoms with Gasteiger partial charge in [0.2, 0.25) is 0 Å². The summed E-state index contributed by atoms with van der Waals surface area (Å²) in [5.74, 6) is 0.900. The number of ether oxygens (including phenoxy) is 2. The molecule has 0 radical (unpaired) electrons. The van der Waals surface area contributed by atoms with E-state index in [1.54, 1.807) is 24.5 Å². The van der Waals surface area contributed by atoms with Crippen molar-refractivity contribution >= 4 is 34.0 Å². The van der Waals surface area contributed by atoms with Gasteiger partial charge in [0.1, 0.15) is 30.3 Å². The lowest BCUT2D eigenvalue weighted by Gasteiger charge is -2.26. The maximum Gasteiger partial charge on any atom is 0.141 e. The highest BCUT2D eigenvalue weighted by atomic mass is 35.5. The molecule has 0 bridgehead atoms. The SMILES string of the molecule is Fc1cccc(COc2ccc(Nc3ncnc4ccc(-c5cccc(CN6CCOCC6)c5)cc34)cc2Cl)c1. The van der Waals surface area contributed by atoms with Gasteiger partial charge in [0.25, 0.3) is 0 Å². The third-order valence-corrected chi connectivity index (χ3v) is 7.18. The molecule has 6 rings (SSSR count). The topological polar surface area (TPSA) is 59.5 Å². The van der Waals surface area contributed by atoms with E-state index in [4.69, 9.17) is 21.1 Å². The van der Waals surface area contributed by atoms with Crippen molar-refractivity contribution in [1.82, 2.24) is 14.9 Å². The number of morpholine rings is 1. The summed E-state index contributed by atoms with van der Waals surface area (Å²) in [5, 5.41) is 4.73. The molecule has 202 valence electrons. The van der Waals surface area contributed by atoms with Crippen LogP contribution in [0.2, 0.25) is 5.02 Å². The number of rotatable bonds is 8. The van der Waals surface area contributed by atoms with Gasteiger partial charge >= 0.3 is 0 Å². The van der Waals surface area contributed by atoms with Crippen LogP contribution in [-0.2, 0) is 17.9 Å². The van der Waals surface area contributed by atoms with Gasteiger partial charge in [0, 0.05) is 30.7 Å². The summed E-state index contributed by atoms with van der Waals surface area (Å²) in [4.78, 5) is 11.4. The molecule has 6 nitrogen and oxygen atoms in total. The molecule has 0 spiro atoms. The molecule has 1 saturated heterocycles. The number of halogens is 2. The monoisotopic (exact) mass is 554 g/mol. The first-order valence-corrected chi connectivity index (χ1v) is 13.6. The van der Waals surface area contributed by atoms with Crippen molar-refractivity contribution in [2.45, 2.75) is 13.2 Å². The van der Waals surface area contributed by atoms with Crippen molar-refractivity contribution in [3.05, 3.63) is 113 Å². The molecule has 1 aliphatic rings. The van der Waals surface area contributed by atoms with Crippen molar-refractivity contribution in [2.24, 2.45) is 0 Å². The molecule has 8 heteroatoms. The minimum atomic E-state index is -0.298. The van der Waals surface area contributed by atoms with Crippen LogP contribution < -0.4 is 10.1 Å². The van der Waals surface area contributed by atoms with Crippen molar-refractivity contribution in [3.63, 3.8) is 0 Å². The van der Waals surface area contributed by atoms with Crippen molar-refractivity contribution in [2.75, 3.05) is 31.6 Å². The number of aromatic nitrogens is 2. The molecular weight excluding hydrogens is 527 g/mol. The van der Waals surface area contributed by atoms with Gasteiger partial charge in [-0.15, -0.1) is 0 Å². The molecule has 4 aromatic carbocycles. The zero-order valence-electron chi connectivity index (χ0n) is 21.8. The average molecular weight is 555 g/mol. The molecular formula is C32H28ClFN4O2. The minimum absolute atomic E-state index is 0.219. The van der Waals surface area contributed by atoms with Crippen molar-refractivity contribution in [3.8, 4) is 16.9 Å². The number of hydrogen-bond donors (Lipinski definition) is 1. The number of nitrogens with zero attached hydrogens (tertiary/aromatic N) is 3. The van der Waals surface area contributed by atoms with Crippen LogP contribution in [0.4, 0.5) is 15.9 Å². The summed E-state index contributed by atoms with van der Waals surface area (Å²) in [6, 6.07) is 26.6. The quantitative estimate of drug-likeness (QED) is 0.218. The van der Waals surface area contributed by atoms with E-state index in [-0.39, 0.29) is 12.4 Å². The molecule has 0 unspecified atom stereocenters. The Labute approximate surface area is 237 Å². The van der Waals surface area contributed by atoms with Crippen LogP contribution in [0, 0.1) is 5.82 Å². The third kappa shape index (κ3) is 6.23. The van der Waals surface area contributed by atoms with Crippen LogP contribution in [0.15, 0.2) is 91.3 Å². The number of benzene rings is 4. The zero-order chi connectivity index (χ0) is 27.3. The van der Waals surface area contributed by atoms with E-state index in [0.717, 1.165) is 66.1 Å². The summed E-state index contributed by atoms with van der Waals surface area (Å²) < 4.78 is 24.8. The molecule has 0 atom stereocenters. The van der Waals surface area contributed by atoms with E-state index < -0.39 is 0 Å². The number of fused-ring (bicyclic) bond motifs is 1. The second-order valence-electron chi connectivity index (χ2n) is 9.73. The smallest absolute Gasteiger partial charge is 0.141 e. The lowest BCUT2D eigenvalue weighted by molar-refractivity contribution is 0.0342. The van der Waals surface area contributed by atoms with Crippen LogP contribution >= 0.6 is 11.6 Å². The molecule has 2 heterocycles. The maximum atomic E-state index is 13.5. The summed E-state index contributed by atoms with van der Waals surface area (Å²) in [7, 11) is 0. The van der Waals surface area contributed by atoms with E-state index in [1.165, 1.54) is 17.7 Å². The molecule has 1 N–H and O–H groups in total. The van der Waals surface area contributed by atoms with E-state index in [2.05, 4.69) is 56.6 Å². The molecule has 1 fully saturated rings. The van der Waals surface area contributed by atoms with Crippen LogP contribution in [0.25, 0.3) is 22.0 Å². The molecule has 5 aromatic rings. The van der Waals surface area contributed by atoms with Crippen LogP contribution in [0.1, 0.15) is 11.1 Å². The van der Waals surface area contributed by atoms with Gasteiger partial charge in [-0.05, 0) is 70.8 Å². The Morgan fingerprint density at radius 3 is 2.55 bits per heavy atom. The van der Waals surface area contributed by atoms with Gasteiger partial charge in [-0.1, -0.05) is 48.0 Å². The fourth-order valence-electron chi connectivity index (χ4n) is 4.82. The first-order valence-electron chi connectivity index (χ1n) is 13.2. The average Bonchev–Trinajstić information content (AvgIpc) is 2.97. The van der Waals surface area contributed by atoms with Crippen LogP contribution in [-0.4, -0.2) is 41.2 Å². The number of hydrogen-bond acceptors (Lipinski definition) is 6. The lowest BCUT2D eigenvalue weighted by atomic mass is 10.0. The highest BCUT2D eigenvalue weighted by Crippen LogP contribution is 2.32. The van der Waals surface area contributed by atoms with Gasteiger partial charge in [0.05, 0.1) is 23.8 Å². The summed E-state index contributed by atoms with van der Waals surface area (Å²) in [6.07, 6.45) is 1.55. The highest BCUT2D eigenvalue weighted by molar-refractivity contribution is 6.32. The zero-order valence-corrected chi connectivity index (χ0v) is 22.6. The fraction of sp³-hybridized carbons (Fsp3) is 0.188. The van der Waals surface area contributed by atoms with E-state index in [1.807, 2.05) is 18.2 Å². The van der Waals surface area contributed by atoms with E-state index >= 15 is 0 Å². The Hall–Kier alpha value is -4.04. The number of nitrogens with one attached hydrogen (secondary N) is 1. The van der Waals surface area contributed by atoms with Gasteiger partial charge in [-0.2, -0.15) is 0 Å². The third-order valence-electron chi connectivity index (χ3n) is 6.88. The van der Waals surface area contributed by atoms with Gasteiger partial charge < -0.3 is 14.8 Å². The van der Waals surface area contributed by atoms with Crippen molar-refractivity contribution < 1.29 is 13.9 Å². The Morgan fingerprint density at radius 1 is 0.875 bits per heavy atom. The number of anilines is 2. The summed E-state index contributed by atoms with van der Waals surface area (Å²) in [5.41, 5.74) is 5.84. The summed E-state index contributed by atoms with van der Waals surface area (Å²) in [6.45, 7) is 4.61. The molecule has 0 amide bonds. The van der Waals surface area contributed by atoms with Crippen LogP contribution in [0.5, 0.6) is 5.75 Å². The fourth-order valence-corrected chi connectivity index (χ4v) is 5.06. The predicted octanol–water partition coefficient (Wildman–Crippen LogP) is 7.24. The lowest BCUT2D eigenvalue weighted by Crippen LogP contribution is -2.35.